The van der Waals surface area contributed by atoms with Crippen LogP contribution in [-0.4, -0.2) is 41.3 Å². The molecule has 1 aromatic rings. The van der Waals surface area contributed by atoms with Gasteiger partial charge >= 0.3 is 0 Å². The first-order valence-electron chi connectivity index (χ1n) is 7.12. The van der Waals surface area contributed by atoms with E-state index in [1.54, 1.807) is 0 Å². The fourth-order valence-corrected chi connectivity index (χ4v) is 3.10. The van der Waals surface area contributed by atoms with E-state index in [-0.39, 0.29) is 11.2 Å². The van der Waals surface area contributed by atoms with E-state index < -0.39 is 0 Å². The number of nitrogens with zero attached hydrogens (tertiary/aromatic N) is 3. The van der Waals surface area contributed by atoms with Gasteiger partial charge in [-0.25, -0.2) is 9.97 Å². The summed E-state index contributed by atoms with van der Waals surface area (Å²) in [5, 5.41) is 3.15. The lowest BCUT2D eigenvalue weighted by atomic mass is 9.98. The first kappa shape index (κ1) is 15.0. The number of ether oxygens (including phenoxy) is 1. The number of rotatable bonds is 2. The minimum absolute atomic E-state index is 0.188. The first-order valence-corrected chi connectivity index (χ1v) is 7.12. The van der Waals surface area contributed by atoms with Crippen molar-refractivity contribution in [3.8, 4) is 0 Å². The predicted octanol–water partition coefficient (Wildman–Crippen LogP) is 2.53. The standard InChI is InChI=1S/C15H26N4O/c1-10-12(16-7)17-11(2)18-13(10)19-8-14(3,4)20-15(5,6)9-19/h8-9H2,1-7H3,(H,16,17,18). The Bertz CT molecular complexity index is 495. The highest BCUT2D eigenvalue weighted by Crippen LogP contribution is 2.33. The molecule has 0 bridgehead atoms. The van der Waals surface area contributed by atoms with Gasteiger partial charge < -0.3 is 15.0 Å². The molecule has 0 aliphatic carbocycles. The van der Waals surface area contributed by atoms with Crippen LogP contribution in [0.1, 0.15) is 39.1 Å². The Labute approximate surface area is 121 Å². The maximum absolute atomic E-state index is 6.14. The highest BCUT2D eigenvalue weighted by atomic mass is 16.5. The molecule has 1 aromatic heterocycles. The number of nitrogens with one attached hydrogen (secondary N) is 1. The number of aryl methyl sites for hydroxylation is 1. The monoisotopic (exact) mass is 278 g/mol. The van der Waals surface area contributed by atoms with Crippen molar-refractivity contribution in [2.24, 2.45) is 0 Å². The fourth-order valence-electron chi connectivity index (χ4n) is 3.10. The number of aromatic nitrogens is 2. The third-order valence-electron chi connectivity index (χ3n) is 3.46. The summed E-state index contributed by atoms with van der Waals surface area (Å²) < 4.78 is 6.14. The number of anilines is 2. The van der Waals surface area contributed by atoms with Crippen LogP contribution in [0.2, 0.25) is 0 Å². The molecule has 0 atom stereocenters. The summed E-state index contributed by atoms with van der Waals surface area (Å²) in [7, 11) is 1.89. The van der Waals surface area contributed by atoms with Crippen LogP contribution in [0.3, 0.4) is 0 Å². The van der Waals surface area contributed by atoms with Crippen molar-refractivity contribution in [3.63, 3.8) is 0 Å². The van der Waals surface area contributed by atoms with Crippen LogP contribution in [0.5, 0.6) is 0 Å². The molecule has 0 radical (unpaired) electrons. The van der Waals surface area contributed by atoms with Gasteiger partial charge in [-0.1, -0.05) is 0 Å². The van der Waals surface area contributed by atoms with Gasteiger partial charge in [0.05, 0.1) is 11.2 Å². The number of hydrogen-bond donors (Lipinski definition) is 1. The van der Waals surface area contributed by atoms with E-state index in [1.807, 2.05) is 14.0 Å². The van der Waals surface area contributed by atoms with Crippen molar-refractivity contribution in [1.29, 1.82) is 0 Å². The SMILES string of the molecule is CNc1nc(C)nc(N2CC(C)(C)OC(C)(C)C2)c1C. The lowest BCUT2D eigenvalue weighted by Crippen LogP contribution is -2.57. The third kappa shape index (κ3) is 3.03. The van der Waals surface area contributed by atoms with Crippen LogP contribution in [0.15, 0.2) is 0 Å². The summed E-state index contributed by atoms with van der Waals surface area (Å²) in [6.45, 7) is 14.2. The lowest BCUT2D eigenvalue weighted by molar-refractivity contribution is -0.133. The van der Waals surface area contributed by atoms with Gasteiger partial charge in [-0.15, -0.1) is 0 Å². The maximum atomic E-state index is 6.14. The molecular weight excluding hydrogens is 252 g/mol. The Morgan fingerprint density at radius 1 is 1.05 bits per heavy atom. The normalized spacial score (nSPS) is 20.9. The maximum Gasteiger partial charge on any atom is 0.137 e. The van der Waals surface area contributed by atoms with E-state index in [4.69, 9.17) is 4.74 Å². The second-order valence-electron chi connectivity index (χ2n) is 6.80. The quantitative estimate of drug-likeness (QED) is 0.901. The zero-order valence-corrected chi connectivity index (χ0v) is 13.7. The molecule has 2 heterocycles. The van der Waals surface area contributed by atoms with Crippen molar-refractivity contribution in [1.82, 2.24) is 9.97 Å². The van der Waals surface area contributed by atoms with Crippen LogP contribution in [-0.2, 0) is 4.74 Å². The molecule has 0 spiro atoms. The van der Waals surface area contributed by atoms with Gasteiger partial charge in [-0.05, 0) is 41.5 Å². The summed E-state index contributed by atoms with van der Waals surface area (Å²) in [5.74, 6) is 2.69. The van der Waals surface area contributed by atoms with Crippen LogP contribution < -0.4 is 10.2 Å². The zero-order valence-electron chi connectivity index (χ0n) is 13.7. The highest BCUT2D eigenvalue weighted by molar-refractivity contribution is 5.59. The molecule has 1 N–H and O–H groups in total. The Hall–Kier alpha value is -1.36. The Balaban J connectivity index is 2.43. The number of morpholine rings is 1. The van der Waals surface area contributed by atoms with E-state index >= 15 is 0 Å². The second-order valence-corrected chi connectivity index (χ2v) is 6.80. The van der Waals surface area contributed by atoms with Gasteiger partial charge in [0.25, 0.3) is 0 Å². The van der Waals surface area contributed by atoms with E-state index in [1.165, 1.54) is 0 Å². The summed E-state index contributed by atoms with van der Waals surface area (Å²) >= 11 is 0. The van der Waals surface area contributed by atoms with Gasteiger partial charge in [0, 0.05) is 25.7 Å². The summed E-state index contributed by atoms with van der Waals surface area (Å²) in [4.78, 5) is 11.4. The minimum atomic E-state index is -0.188. The van der Waals surface area contributed by atoms with E-state index in [0.29, 0.717) is 0 Å². The van der Waals surface area contributed by atoms with Crippen molar-refractivity contribution in [3.05, 3.63) is 11.4 Å². The molecule has 1 saturated heterocycles. The summed E-state index contributed by atoms with van der Waals surface area (Å²) in [6.07, 6.45) is 0. The highest BCUT2D eigenvalue weighted by Gasteiger charge is 2.39. The largest absolute Gasteiger partial charge is 0.373 e. The van der Waals surface area contributed by atoms with Gasteiger partial charge in [0.2, 0.25) is 0 Å². The Kier molecular flexibility index (Phi) is 3.67. The first-order chi connectivity index (χ1) is 9.13. The van der Waals surface area contributed by atoms with Crippen molar-refractivity contribution in [2.75, 3.05) is 30.4 Å². The van der Waals surface area contributed by atoms with E-state index in [0.717, 1.165) is 36.1 Å². The summed E-state index contributed by atoms with van der Waals surface area (Å²) in [5.41, 5.74) is 0.714. The molecule has 0 saturated carbocycles. The molecular formula is C15H26N4O. The third-order valence-corrected chi connectivity index (χ3v) is 3.46. The topological polar surface area (TPSA) is 50.3 Å². The Morgan fingerprint density at radius 2 is 1.60 bits per heavy atom. The number of hydrogen-bond acceptors (Lipinski definition) is 5. The predicted molar refractivity (Wildman–Crippen MR) is 82.5 cm³/mol. The van der Waals surface area contributed by atoms with E-state index in [9.17, 15) is 0 Å². The fraction of sp³-hybridized carbons (Fsp3) is 0.733. The molecule has 0 amide bonds. The van der Waals surface area contributed by atoms with Crippen LogP contribution in [0.4, 0.5) is 11.6 Å². The molecule has 0 aromatic carbocycles. The molecule has 1 fully saturated rings. The van der Waals surface area contributed by atoms with Crippen LogP contribution in [0, 0.1) is 13.8 Å². The molecule has 0 unspecified atom stereocenters. The van der Waals surface area contributed by atoms with E-state index in [2.05, 4.69) is 54.8 Å². The zero-order chi connectivity index (χ0) is 15.1. The lowest BCUT2D eigenvalue weighted by Gasteiger charge is -2.48. The van der Waals surface area contributed by atoms with Crippen molar-refractivity contribution < 1.29 is 4.74 Å². The van der Waals surface area contributed by atoms with Gasteiger partial charge in [-0.3, -0.25) is 0 Å². The Morgan fingerprint density at radius 3 is 2.10 bits per heavy atom. The molecule has 2 rings (SSSR count). The van der Waals surface area contributed by atoms with Crippen LogP contribution in [0.25, 0.3) is 0 Å². The summed E-state index contributed by atoms with van der Waals surface area (Å²) in [6, 6.07) is 0. The second kappa shape index (κ2) is 4.88. The average Bonchev–Trinajstić information content (AvgIpc) is 2.27. The molecule has 1 aliphatic heterocycles. The molecule has 20 heavy (non-hydrogen) atoms. The van der Waals surface area contributed by atoms with Crippen LogP contribution >= 0.6 is 0 Å². The van der Waals surface area contributed by atoms with Gasteiger partial charge in [-0.2, -0.15) is 0 Å². The van der Waals surface area contributed by atoms with Crippen molar-refractivity contribution in [2.45, 2.75) is 52.7 Å². The molecule has 5 heteroatoms. The van der Waals surface area contributed by atoms with Gasteiger partial charge in [0.1, 0.15) is 17.5 Å². The van der Waals surface area contributed by atoms with Gasteiger partial charge in [0.15, 0.2) is 0 Å². The van der Waals surface area contributed by atoms with Crippen molar-refractivity contribution >= 4 is 11.6 Å². The molecule has 112 valence electrons. The minimum Gasteiger partial charge on any atom is -0.373 e. The molecule has 1 aliphatic rings. The molecule has 5 nitrogen and oxygen atoms in total. The smallest absolute Gasteiger partial charge is 0.137 e. The average molecular weight is 278 g/mol.